The van der Waals surface area contributed by atoms with Crippen LogP contribution in [0.25, 0.3) is 22.5 Å². The van der Waals surface area contributed by atoms with Gasteiger partial charge in [0.15, 0.2) is 0 Å². The van der Waals surface area contributed by atoms with Gasteiger partial charge < -0.3 is 18.6 Å². The molecule has 5 rings (SSSR count). The van der Waals surface area contributed by atoms with Crippen LogP contribution in [0.1, 0.15) is 36.2 Å². The topological polar surface area (TPSA) is 113 Å². The van der Waals surface area contributed by atoms with Crippen LogP contribution in [0.4, 0.5) is 22.0 Å². The van der Waals surface area contributed by atoms with E-state index in [9.17, 15) is 30.8 Å². The molecule has 0 fully saturated rings. The van der Waals surface area contributed by atoms with Crippen LogP contribution in [0.15, 0.2) is 30.9 Å². The molecule has 10 nitrogen and oxygen atoms in total. The molecule has 3 heterocycles. The number of amides is 1. The third-order valence-electron chi connectivity index (χ3n) is 7.47. The number of nitrogens with zero attached hydrogens (tertiary/aromatic N) is 4. The number of fused-ring (bicyclic) bond motifs is 2. The smallest absolute Gasteiger partial charge is 0.490 e. The van der Waals surface area contributed by atoms with E-state index in [1.807, 2.05) is 0 Å². The van der Waals surface area contributed by atoms with E-state index < -0.39 is 39.2 Å². The van der Waals surface area contributed by atoms with E-state index in [0.717, 1.165) is 12.1 Å². The van der Waals surface area contributed by atoms with Gasteiger partial charge in [0.1, 0.15) is 35.4 Å². The molecule has 2 aliphatic rings. The molecule has 3 aromatic rings. The Morgan fingerprint density at radius 3 is 2.52 bits per heavy atom. The van der Waals surface area contributed by atoms with Crippen molar-refractivity contribution in [1.82, 2.24) is 19.7 Å². The van der Waals surface area contributed by atoms with Crippen LogP contribution in [-0.4, -0.2) is 66.4 Å². The van der Waals surface area contributed by atoms with Crippen molar-refractivity contribution in [1.29, 1.82) is 0 Å². The van der Waals surface area contributed by atoms with Gasteiger partial charge in [-0.05, 0) is 43.9 Å². The standard InChI is InChI=1S/C28H27F5N4O6S/c1-4-23(38)36-8-9-37-21(15(36)2)14-20(35-37)26-24(25-19(30)12-16(29)13-22(25)42-11-10-41-3)17-6-5-7-18(17)27(34-26)43-44(39,40)28(31,32)33/h4,12-15H,1,5-11H2,2-3H3/t15-/m1/s1. The summed E-state index contributed by atoms with van der Waals surface area (Å²) in [5.41, 5.74) is -5.31. The number of methoxy groups -OCH3 is 1. The van der Waals surface area contributed by atoms with Gasteiger partial charge in [0.2, 0.25) is 11.8 Å². The van der Waals surface area contributed by atoms with Crippen molar-refractivity contribution in [2.75, 3.05) is 26.9 Å². The van der Waals surface area contributed by atoms with Crippen LogP contribution in [0.3, 0.4) is 0 Å². The van der Waals surface area contributed by atoms with E-state index in [4.69, 9.17) is 9.47 Å². The minimum absolute atomic E-state index is 0.0308. The molecule has 0 saturated heterocycles. The molecule has 0 saturated carbocycles. The van der Waals surface area contributed by atoms with E-state index in [1.54, 1.807) is 11.6 Å². The fraction of sp³-hybridized carbons (Fsp3) is 0.393. The van der Waals surface area contributed by atoms with Gasteiger partial charge in [-0.1, -0.05) is 6.58 Å². The summed E-state index contributed by atoms with van der Waals surface area (Å²) in [6.07, 6.45) is 1.78. The SMILES string of the molecule is C=CC(=O)N1CCn2nc(-c3nc(OS(=O)(=O)C(F)(F)F)c4c(c3-c3c(F)cc(F)cc3OCCOC)CCC4)cc2[C@H]1C. The Hall–Kier alpha value is -4.05. The highest BCUT2D eigenvalue weighted by molar-refractivity contribution is 7.88. The van der Waals surface area contributed by atoms with Gasteiger partial charge in [-0.15, -0.1) is 0 Å². The molecule has 1 aliphatic carbocycles. The van der Waals surface area contributed by atoms with Crippen LogP contribution < -0.4 is 8.92 Å². The number of carbonyl (C=O) groups is 1. The predicted molar refractivity (Wildman–Crippen MR) is 146 cm³/mol. The van der Waals surface area contributed by atoms with Crippen molar-refractivity contribution in [2.24, 2.45) is 0 Å². The second-order valence-electron chi connectivity index (χ2n) is 10.1. The zero-order chi connectivity index (χ0) is 32.0. The van der Waals surface area contributed by atoms with Crippen molar-refractivity contribution in [3.63, 3.8) is 0 Å². The lowest BCUT2D eigenvalue weighted by Gasteiger charge is -2.33. The number of hydrogen-bond donors (Lipinski definition) is 0. The summed E-state index contributed by atoms with van der Waals surface area (Å²) in [6, 6.07) is 2.60. The number of pyridine rings is 1. The quantitative estimate of drug-likeness (QED) is 0.108. The lowest BCUT2D eigenvalue weighted by molar-refractivity contribution is -0.129. The van der Waals surface area contributed by atoms with Crippen LogP contribution >= 0.6 is 0 Å². The molecular weight excluding hydrogens is 615 g/mol. The van der Waals surface area contributed by atoms with Gasteiger partial charge in [0, 0.05) is 36.9 Å². The maximum absolute atomic E-state index is 15.7. The number of rotatable bonds is 9. The summed E-state index contributed by atoms with van der Waals surface area (Å²) in [5.74, 6) is -3.37. The molecule has 0 unspecified atom stereocenters. The molecule has 236 valence electrons. The first-order valence-corrected chi connectivity index (χ1v) is 14.9. The normalized spacial score (nSPS) is 16.4. The lowest BCUT2D eigenvalue weighted by atomic mass is 9.93. The second kappa shape index (κ2) is 11.8. The average Bonchev–Trinajstić information content (AvgIpc) is 3.61. The minimum Gasteiger partial charge on any atom is -0.490 e. The minimum atomic E-state index is -6.12. The number of carbonyl (C=O) groups excluding carboxylic acids is 1. The second-order valence-corrected chi connectivity index (χ2v) is 11.7. The van der Waals surface area contributed by atoms with Crippen molar-refractivity contribution in [3.05, 3.63) is 59.3 Å². The zero-order valence-electron chi connectivity index (χ0n) is 23.6. The van der Waals surface area contributed by atoms with Gasteiger partial charge in [-0.3, -0.25) is 9.48 Å². The Morgan fingerprint density at radius 2 is 1.84 bits per heavy atom. The molecule has 0 spiro atoms. The van der Waals surface area contributed by atoms with E-state index >= 15 is 4.39 Å². The molecule has 16 heteroatoms. The number of ether oxygens (including phenoxy) is 2. The first-order valence-electron chi connectivity index (χ1n) is 13.5. The van der Waals surface area contributed by atoms with E-state index in [0.29, 0.717) is 18.2 Å². The average molecular weight is 643 g/mol. The third kappa shape index (κ3) is 5.63. The Balaban J connectivity index is 1.78. The van der Waals surface area contributed by atoms with Crippen molar-refractivity contribution in [3.8, 4) is 34.1 Å². The lowest BCUT2D eigenvalue weighted by Crippen LogP contribution is -2.40. The molecule has 0 N–H and O–H groups in total. The van der Waals surface area contributed by atoms with E-state index in [2.05, 4.69) is 20.8 Å². The molecule has 2 aromatic heterocycles. The number of alkyl halides is 3. The van der Waals surface area contributed by atoms with Crippen molar-refractivity contribution >= 4 is 16.0 Å². The predicted octanol–water partition coefficient (Wildman–Crippen LogP) is 4.72. The number of benzene rings is 1. The molecule has 1 aliphatic heterocycles. The molecule has 0 radical (unpaired) electrons. The summed E-state index contributed by atoms with van der Waals surface area (Å²) in [5, 5.41) is 4.55. The molecule has 1 atom stereocenters. The van der Waals surface area contributed by atoms with E-state index in [-0.39, 0.29) is 84.4 Å². The summed E-state index contributed by atoms with van der Waals surface area (Å²) < 4.78 is 111. The van der Waals surface area contributed by atoms with E-state index in [1.165, 1.54) is 18.1 Å². The number of hydrogen-bond acceptors (Lipinski definition) is 8. The van der Waals surface area contributed by atoms with Crippen molar-refractivity contribution in [2.45, 2.75) is 44.3 Å². The summed E-state index contributed by atoms with van der Waals surface area (Å²) in [6.45, 7) is 5.75. The van der Waals surface area contributed by atoms with Crippen LogP contribution in [0.2, 0.25) is 0 Å². The number of aromatic nitrogens is 3. The molecule has 1 aromatic carbocycles. The van der Waals surface area contributed by atoms with Gasteiger partial charge in [-0.25, -0.2) is 13.8 Å². The van der Waals surface area contributed by atoms with Gasteiger partial charge in [-0.2, -0.15) is 26.7 Å². The van der Waals surface area contributed by atoms with Crippen molar-refractivity contribution < 1.29 is 48.8 Å². The fourth-order valence-corrected chi connectivity index (χ4v) is 5.92. The largest absolute Gasteiger partial charge is 0.534 e. The van der Waals surface area contributed by atoms with Gasteiger partial charge in [0.05, 0.1) is 30.5 Å². The zero-order valence-corrected chi connectivity index (χ0v) is 24.4. The highest BCUT2D eigenvalue weighted by Crippen LogP contribution is 2.47. The Kier molecular flexibility index (Phi) is 8.41. The molecule has 1 amide bonds. The van der Waals surface area contributed by atoms with Crippen LogP contribution in [-0.2, 0) is 39.0 Å². The van der Waals surface area contributed by atoms with Gasteiger partial charge >= 0.3 is 15.6 Å². The first-order chi connectivity index (χ1) is 20.8. The number of halogens is 5. The monoisotopic (exact) mass is 642 g/mol. The maximum atomic E-state index is 15.7. The van der Waals surface area contributed by atoms with Gasteiger partial charge in [0.25, 0.3) is 0 Å². The summed E-state index contributed by atoms with van der Waals surface area (Å²) >= 11 is 0. The Morgan fingerprint density at radius 1 is 1.11 bits per heavy atom. The van der Waals surface area contributed by atoms with Crippen LogP contribution in [0.5, 0.6) is 11.6 Å². The highest BCUT2D eigenvalue weighted by atomic mass is 32.2. The Bertz CT molecular complexity index is 1740. The third-order valence-corrected chi connectivity index (χ3v) is 8.42. The summed E-state index contributed by atoms with van der Waals surface area (Å²) in [4.78, 5) is 18.2. The first kappa shape index (κ1) is 31.4. The van der Waals surface area contributed by atoms with Crippen LogP contribution in [0, 0.1) is 11.6 Å². The maximum Gasteiger partial charge on any atom is 0.534 e. The molecular formula is C28H27F5N4O6S. The molecule has 44 heavy (non-hydrogen) atoms. The fourth-order valence-electron chi connectivity index (χ4n) is 5.48. The molecule has 0 bridgehead atoms. The highest BCUT2D eigenvalue weighted by Gasteiger charge is 2.49. The Labute approximate surface area is 249 Å². The summed E-state index contributed by atoms with van der Waals surface area (Å²) in [7, 11) is -4.71.